The van der Waals surface area contributed by atoms with E-state index in [-0.39, 0.29) is 5.54 Å². The van der Waals surface area contributed by atoms with Crippen LogP contribution in [0.15, 0.2) is 0 Å². The Morgan fingerprint density at radius 2 is 1.95 bits per heavy atom. The van der Waals surface area contributed by atoms with E-state index in [1.54, 1.807) is 0 Å². The van der Waals surface area contributed by atoms with Crippen LogP contribution in [0.25, 0.3) is 0 Å². The molecule has 1 aliphatic carbocycles. The van der Waals surface area contributed by atoms with Crippen molar-refractivity contribution in [3.8, 4) is 0 Å². The van der Waals surface area contributed by atoms with Crippen LogP contribution in [0.4, 0.5) is 0 Å². The van der Waals surface area contributed by atoms with Gasteiger partial charge in [-0.25, -0.2) is 0 Å². The molecule has 3 heteroatoms. The second-order valence-corrected chi connectivity index (χ2v) is 7.53. The standard InChI is InChI=1S/C17H32N2O/c1-4-15-12-18-17(8-6-5-7-9-17)13-19(15)16(3)10-11-20-14(16)2/h14-15,18H,4-13H2,1-3H3. The summed E-state index contributed by atoms with van der Waals surface area (Å²) in [4.78, 5) is 2.83. The SMILES string of the molecule is CCC1CNC2(CCCCC2)CN1C1(C)CCOC1C. The second-order valence-electron chi connectivity index (χ2n) is 7.53. The molecule has 3 unspecified atom stereocenters. The summed E-state index contributed by atoms with van der Waals surface area (Å²) in [7, 11) is 0. The first-order valence-electron chi connectivity index (χ1n) is 8.73. The molecule has 3 aliphatic rings. The molecular weight excluding hydrogens is 248 g/mol. The minimum atomic E-state index is 0.243. The van der Waals surface area contributed by atoms with Crippen LogP contribution in [0.1, 0.15) is 65.7 Å². The summed E-state index contributed by atoms with van der Waals surface area (Å²) in [5.41, 5.74) is 0.641. The molecule has 2 saturated heterocycles. The van der Waals surface area contributed by atoms with Crippen LogP contribution in [0.2, 0.25) is 0 Å². The number of ether oxygens (including phenoxy) is 1. The Morgan fingerprint density at radius 3 is 2.55 bits per heavy atom. The van der Waals surface area contributed by atoms with E-state index in [0.717, 1.165) is 6.61 Å². The van der Waals surface area contributed by atoms with Crippen molar-refractivity contribution < 1.29 is 4.74 Å². The summed E-state index contributed by atoms with van der Waals surface area (Å²) >= 11 is 0. The van der Waals surface area contributed by atoms with Gasteiger partial charge in [0, 0.05) is 36.8 Å². The molecule has 3 rings (SSSR count). The fourth-order valence-electron chi connectivity index (χ4n) is 4.68. The van der Waals surface area contributed by atoms with Gasteiger partial charge in [-0.05, 0) is 39.5 Å². The molecule has 3 atom stereocenters. The zero-order valence-electron chi connectivity index (χ0n) is 13.6. The van der Waals surface area contributed by atoms with Gasteiger partial charge in [0.1, 0.15) is 0 Å². The van der Waals surface area contributed by atoms with Gasteiger partial charge in [0.25, 0.3) is 0 Å². The van der Waals surface area contributed by atoms with E-state index in [2.05, 4.69) is 31.0 Å². The van der Waals surface area contributed by atoms with E-state index in [4.69, 9.17) is 4.74 Å². The number of hydrogen-bond acceptors (Lipinski definition) is 3. The van der Waals surface area contributed by atoms with Gasteiger partial charge in [0.2, 0.25) is 0 Å². The quantitative estimate of drug-likeness (QED) is 0.841. The molecule has 0 aromatic carbocycles. The van der Waals surface area contributed by atoms with E-state index in [1.165, 1.54) is 58.0 Å². The minimum Gasteiger partial charge on any atom is -0.377 e. The van der Waals surface area contributed by atoms with E-state index in [9.17, 15) is 0 Å². The number of hydrogen-bond donors (Lipinski definition) is 1. The van der Waals surface area contributed by atoms with Crippen LogP contribution in [0, 0.1) is 0 Å². The zero-order valence-corrected chi connectivity index (χ0v) is 13.6. The molecule has 3 nitrogen and oxygen atoms in total. The molecule has 2 aliphatic heterocycles. The van der Waals surface area contributed by atoms with Crippen LogP contribution in [-0.2, 0) is 4.74 Å². The lowest BCUT2D eigenvalue weighted by Gasteiger charge is -2.55. The molecule has 2 heterocycles. The molecule has 0 amide bonds. The first-order chi connectivity index (χ1) is 9.60. The normalized spacial score (nSPS) is 42.1. The summed E-state index contributed by atoms with van der Waals surface area (Å²) < 4.78 is 5.93. The van der Waals surface area contributed by atoms with Gasteiger partial charge < -0.3 is 10.1 Å². The molecule has 0 aromatic heterocycles. The molecule has 1 spiro atoms. The first-order valence-corrected chi connectivity index (χ1v) is 8.73. The Kier molecular flexibility index (Phi) is 4.13. The third-order valence-corrected chi connectivity index (χ3v) is 6.42. The van der Waals surface area contributed by atoms with Crippen LogP contribution in [0.5, 0.6) is 0 Å². The summed E-state index contributed by atoms with van der Waals surface area (Å²) in [6.07, 6.45) is 9.77. The third kappa shape index (κ3) is 2.42. The Morgan fingerprint density at radius 1 is 1.20 bits per heavy atom. The Balaban J connectivity index is 1.81. The van der Waals surface area contributed by atoms with Crippen molar-refractivity contribution in [3.63, 3.8) is 0 Å². The largest absolute Gasteiger partial charge is 0.377 e. The van der Waals surface area contributed by atoms with Gasteiger partial charge >= 0.3 is 0 Å². The summed E-state index contributed by atoms with van der Waals surface area (Å²) in [5, 5.41) is 3.94. The van der Waals surface area contributed by atoms with E-state index >= 15 is 0 Å². The van der Waals surface area contributed by atoms with Crippen molar-refractivity contribution in [1.29, 1.82) is 0 Å². The molecule has 0 aromatic rings. The first kappa shape index (κ1) is 14.8. The lowest BCUT2D eigenvalue weighted by molar-refractivity contribution is -0.0509. The van der Waals surface area contributed by atoms with E-state index < -0.39 is 0 Å². The highest BCUT2D eigenvalue weighted by atomic mass is 16.5. The molecule has 116 valence electrons. The van der Waals surface area contributed by atoms with Crippen molar-refractivity contribution in [2.45, 2.75) is 88.9 Å². The lowest BCUT2D eigenvalue weighted by atomic mass is 9.77. The zero-order chi connectivity index (χ0) is 14.2. The van der Waals surface area contributed by atoms with Gasteiger partial charge in [0.15, 0.2) is 0 Å². The number of nitrogens with zero attached hydrogens (tertiary/aromatic N) is 1. The average Bonchev–Trinajstić information content (AvgIpc) is 2.81. The fraction of sp³-hybridized carbons (Fsp3) is 1.00. The molecule has 3 fully saturated rings. The number of nitrogens with one attached hydrogen (secondary N) is 1. The predicted molar refractivity (Wildman–Crippen MR) is 83.0 cm³/mol. The Labute approximate surface area is 124 Å². The van der Waals surface area contributed by atoms with Gasteiger partial charge in [-0.1, -0.05) is 26.2 Å². The van der Waals surface area contributed by atoms with Crippen LogP contribution in [0.3, 0.4) is 0 Å². The van der Waals surface area contributed by atoms with Crippen molar-refractivity contribution in [1.82, 2.24) is 10.2 Å². The fourth-order valence-corrected chi connectivity index (χ4v) is 4.68. The average molecular weight is 280 g/mol. The molecule has 20 heavy (non-hydrogen) atoms. The maximum absolute atomic E-state index is 5.93. The summed E-state index contributed by atoms with van der Waals surface area (Å²) in [6.45, 7) is 10.4. The Hall–Kier alpha value is -0.120. The maximum atomic E-state index is 5.93. The van der Waals surface area contributed by atoms with Crippen LogP contribution in [-0.4, -0.2) is 47.8 Å². The Bertz CT molecular complexity index is 340. The molecule has 0 bridgehead atoms. The molecular formula is C17H32N2O. The monoisotopic (exact) mass is 280 g/mol. The van der Waals surface area contributed by atoms with Crippen LogP contribution < -0.4 is 5.32 Å². The number of piperazine rings is 1. The molecule has 1 N–H and O–H groups in total. The van der Waals surface area contributed by atoms with Gasteiger partial charge in [-0.3, -0.25) is 4.90 Å². The van der Waals surface area contributed by atoms with Gasteiger partial charge in [-0.2, -0.15) is 0 Å². The second kappa shape index (κ2) is 5.58. The van der Waals surface area contributed by atoms with Gasteiger partial charge in [0.05, 0.1) is 6.10 Å². The highest BCUT2D eigenvalue weighted by Gasteiger charge is 2.49. The predicted octanol–water partition coefficient (Wildman–Crippen LogP) is 2.94. The number of rotatable bonds is 2. The van der Waals surface area contributed by atoms with E-state index in [1.807, 2.05) is 0 Å². The summed E-state index contributed by atoms with van der Waals surface area (Å²) in [5.74, 6) is 0. The van der Waals surface area contributed by atoms with E-state index in [0.29, 0.717) is 17.7 Å². The van der Waals surface area contributed by atoms with Gasteiger partial charge in [-0.15, -0.1) is 0 Å². The van der Waals surface area contributed by atoms with Crippen molar-refractivity contribution >= 4 is 0 Å². The highest BCUT2D eigenvalue weighted by Crippen LogP contribution is 2.40. The summed E-state index contributed by atoms with van der Waals surface area (Å²) in [6, 6.07) is 0.678. The van der Waals surface area contributed by atoms with Crippen LogP contribution >= 0.6 is 0 Å². The molecule has 1 saturated carbocycles. The smallest absolute Gasteiger partial charge is 0.0728 e. The topological polar surface area (TPSA) is 24.5 Å². The molecule has 0 radical (unpaired) electrons. The third-order valence-electron chi connectivity index (χ3n) is 6.42. The maximum Gasteiger partial charge on any atom is 0.0728 e. The van der Waals surface area contributed by atoms with Crippen molar-refractivity contribution in [2.24, 2.45) is 0 Å². The van der Waals surface area contributed by atoms with Crippen molar-refractivity contribution in [3.05, 3.63) is 0 Å². The minimum absolute atomic E-state index is 0.243. The lowest BCUT2D eigenvalue weighted by Crippen LogP contribution is -2.70. The van der Waals surface area contributed by atoms with Crippen molar-refractivity contribution in [2.75, 3.05) is 19.7 Å². The highest BCUT2D eigenvalue weighted by molar-refractivity contribution is 5.07.